The van der Waals surface area contributed by atoms with Crippen LogP contribution in [0, 0.1) is 6.92 Å². The number of carbonyl (C=O) groups excluding carboxylic acids is 1. The molecule has 9 nitrogen and oxygen atoms in total. The van der Waals surface area contributed by atoms with Gasteiger partial charge in [0, 0.05) is 43.9 Å². The molecule has 5 rings (SSSR count). The number of aromatic nitrogens is 2. The third kappa shape index (κ3) is 7.87. The van der Waals surface area contributed by atoms with Crippen LogP contribution < -0.4 is 15.4 Å². The van der Waals surface area contributed by atoms with Crippen molar-refractivity contribution >= 4 is 11.7 Å². The first kappa shape index (κ1) is 30.4. The van der Waals surface area contributed by atoms with Crippen LogP contribution in [0.15, 0.2) is 30.6 Å². The number of nitrogens with one attached hydrogen (secondary N) is 2. The minimum atomic E-state index is -4.73. The largest absolute Gasteiger partial charge is 0.573 e. The van der Waals surface area contributed by atoms with Gasteiger partial charge in [-0.05, 0) is 63.1 Å². The number of benzene rings is 1. The maximum Gasteiger partial charge on any atom is 0.573 e. The van der Waals surface area contributed by atoms with Crippen molar-refractivity contribution in [2.45, 2.75) is 82.3 Å². The highest BCUT2D eigenvalue weighted by Crippen LogP contribution is 2.33. The van der Waals surface area contributed by atoms with E-state index in [2.05, 4.69) is 25.3 Å². The van der Waals surface area contributed by atoms with Gasteiger partial charge in [-0.3, -0.25) is 4.79 Å². The summed E-state index contributed by atoms with van der Waals surface area (Å²) >= 11 is 0. The SMILES string of the molecule is Cc1c(NC[C@H]2CCC[C@@H](c3ccc(OC(F)(F)F)cc3)O2)ncnc1C(=O)N1CCC(NC2CCOCC2F)CC1. The second-order valence-corrected chi connectivity index (χ2v) is 11.1. The Morgan fingerprint density at radius 1 is 1.10 bits per heavy atom. The van der Waals surface area contributed by atoms with Crippen LogP contribution in [0.25, 0.3) is 0 Å². The normalized spacial score (nSPS) is 25.7. The number of anilines is 1. The molecule has 4 atom stereocenters. The van der Waals surface area contributed by atoms with E-state index in [0.29, 0.717) is 49.7 Å². The number of likely N-dealkylation sites (tertiary alicyclic amines) is 1. The van der Waals surface area contributed by atoms with Crippen molar-refractivity contribution in [2.75, 3.05) is 38.2 Å². The number of nitrogens with zero attached hydrogens (tertiary/aromatic N) is 3. The second-order valence-electron chi connectivity index (χ2n) is 11.1. The molecule has 1 aromatic carbocycles. The Labute approximate surface area is 242 Å². The Balaban J connectivity index is 1.12. The van der Waals surface area contributed by atoms with Crippen LogP contribution in [0.1, 0.15) is 66.2 Å². The van der Waals surface area contributed by atoms with E-state index in [4.69, 9.17) is 9.47 Å². The van der Waals surface area contributed by atoms with Gasteiger partial charge in [0.1, 0.15) is 29.8 Å². The van der Waals surface area contributed by atoms with E-state index in [9.17, 15) is 22.4 Å². The van der Waals surface area contributed by atoms with E-state index >= 15 is 0 Å². The number of amides is 1. The summed E-state index contributed by atoms with van der Waals surface area (Å²) in [4.78, 5) is 23.7. The lowest BCUT2D eigenvalue weighted by Gasteiger charge is -2.36. The number of hydrogen-bond acceptors (Lipinski definition) is 8. The van der Waals surface area contributed by atoms with E-state index in [1.165, 1.54) is 18.5 Å². The predicted molar refractivity (Wildman–Crippen MR) is 146 cm³/mol. The first-order valence-corrected chi connectivity index (χ1v) is 14.5. The fraction of sp³-hybridized carbons (Fsp3) is 0.621. The maximum absolute atomic E-state index is 14.1. The van der Waals surface area contributed by atoms with E-state index in [1.807, 2.05) is 6.92 Å². The molecule has 13 heteroatoms. The highest BCUT2D eigenvalue weighted by molar-refractivity contribution is 5.94. The van der Waals surface area contributed by atoms with Gasteiger partial charge in [0.2, 0.25) is 0 Å². The summed E-state index contributed by atoms with van der Waals surface area (Å²) in [6.45, 7) is 4.07. The molecule has 3 saturated heterocycles. The van der Waals surface area contributed by atoms with Crippen LogP contribution in [0.3, 0.4) is 0 Å². The van der Waals surface area contributed by atoms with Crippen molar-refractivity contribution in [2.24, 2.45) is 0 Å². The van der Waals surface area contributed by atoms with Crippen LogP contribution in [0.2, 0.25) is 0 Å². The second kappa shape index (κ2) is 13.5. The summed E-state index contributed by atoms with van der Waals surface area (Å²) in [5.74, 6) is 0.131. The van der Waals surface area contributed by atoms with E-state index < -0.39 is 12.5 Å². The molecular formula is C29H37F4N5O4. The molecule has 3 aliphatic rings. The summed E-state index contributed by atoms with van der Waals surface area (Å²) in [6, 6.07) is 5.73. The molecule has 2 unspecified atom stereocenters. The van der Waals surface area contributed by atoms with E-state index in [0.717, 1.165) is 37.7 Å². The topological polar surface area (TPSA) is 97.8 Å². The molecule has 4 heterocycles. The van der Waals surface area contributed by atoms with Gasteiger partial charge in [0.05, 0.1) is 18.8 Å². The monoisotopic (exact) mass is 595 g/mol. The molecule has 1 aromatic heterocycles. The molecule has 2 N–H and O–H groups in total. The van der Waals surface area contributed by atoms with E-state index in [-0.39, 0.29) is 42.6 Å². The van der Waals surface area contributed by atoms with Crippen molar-refractivity contribution in [1.29, 1.82) is 0 Å². The van der Waals surface area contributed by atoms with E-state index in [1.54, 1.807) is 17.0 Å². The number of hydrogen-bond donors (Lipinski definition) is 2. The summed E-state index contributed by atoms with van der Waals surface area (Å²) in [7, 11) is 0. The number of halogens is 4. The molecule has 2 aromatic rings. The number of ether oxygens (including phenoxy) is 3. The Morgan fingerprint density at radius 3 is 2.57 bits per heavy atom. The molecule has 42 heavy (non-hydrogen) atoms. The fourth-order valence-electron chi connectivity index (χ4n) is 5.83. The molecule has 0 saturated carbocycles. The van der Waals surface area contributed by atoms with Crippen LogP contribution >= 0.6 is 0 Å². The number of rotatable bonds is 8. The first-order valence-electron chi connectivity index (χ1n) is 14.5. The van der Waals surface area contributed by atoms with Gasteiger partial charge in [0.15, 0.2) is 0 Å². The van der Waals surface area contributed by atoms with Gasteiger partial charge in [-0.15, -0.1) is 13.2 Å². The van der Waals surface area contributed by atoms with Crippen molar-refractivity contribution in [3.8, 4) is 5.75 Å². The zero-order valence-corrected chi connectivity index (χ0v) is 23.5. The Hall–Kier alpha value is -3.03. The van der Waals surface area contributed by atoms with Crippen LogP contribution in [-0.4, -0.2) is 84.3 Å². The molecule has 0 aliphatic carbocycles. The molecule has 0 radical (unpaired) electrons. The lowest BCUT2D eigenvalue weighted by atomic mass is 9.98. The summed E-state index contributed by atoms with van der Waals surface area (Å²) in [5.41, 5.74) is 1.78. The zero-order valence-electron chi connectivity index (χ0n) is 23.5. The van der Waals surface area contributed by atoms with Gasteiger partial charge in [0.25, 0.3) is 5.91 Å². The molecule has 0 spiro atoms. The van der Waals surface area contributed by atoms with Gasteiger partial charge in [-0.2, -0.15) is 0 Å². The van der Waals surface area contributed by atoms with Gasteiger partial charge < -0.3 is 29.7 Å². The Morgan fingerprint density at radius 2 is 1.86 bits per heavy atom. The van der Waals surface area contributed by atoms with Gasteiger partial charge >= 0.3 is 6.36 Å². The van der Waals surface area contributed by atoms with Crippen molar-refractivity contribution in [1.82, 2.24) is 20.2 Å². The standard InChI is InChI=1S/C29H37F4N5O4/c1-18-26(28(39)38-12-9-20(10-13-38)37-24-11-14-40-16-23(24)30)35-17-36-27(18)34-15-22-3-2-4-25(41-22)19-5-7-21(8-6-19)42-29(31,32)33/h5-8,17,20,22-25,37H,2-4,9-16H2,1H3,(H,34,35,36)/t22-,23?,24?,25+/m1/s1. The lowest BCUT2D eigenvalue weighted by molar-refractivity contribution is -0.274. The molecule has 1 amide bonds. The Kier molecular flexibility index (Phi) is 9.79. The van der Waals surface area contributed by atoms with Crippen molar-refractivity contribution < 1.29 is 36.6 Å². The third-order valence-corrected chi connectivity index (χ3v) is 8.14. The quantitative estimate of drug-likeness (QED) is 0.423. The summed E-state index contributed by atoms with van der Waals surface area (Å²) in [6.07, 6.45) is -0.151. The molecule has 3 aliphatic heterocycles. The molecule has 0 bridgehead atoms. The van der Waals surface area contributed by atoms with Gasteiger partial charge in [-0.25, -0.2) is 14.4 Å². The van der Waals surface area contributed by atoms with Crippen molar-refractivity contribution in [3.05, 3.63) is 47.4 Å². The van der Waals surface area contributed by atoms with Crippen LogP contribution in [0.4, 0.5) is 23.4 Å². The van der Waals surface area contributed by atoms with Gasteiger partial charge in [-0.1, -0.05) is 12.1 Å². The minimum absolute atomic E-state index is 0.129. The maximum atomic E-state index is 14.1. The first-order chi connectivity index (χ1) is 20.2. The molecule has 3 fully saturated rings. The lowest BCUT2D eigenvalue weighted by Crippen LogP contribution is -2.52. The molecular weight excluding hydrogens is 558 g/mol. The van der Waals surface area contributed by atoms with Crippen molar-refractivity contribution in [3.63, 3.8) is 0 Å². The fourth-order valence-corrected chi connectivity index (χ4v) is 5.83. The van der Waals surface area contributed by atoms with Crippen LogP contribution in [-0.2, 0) is 9.47 Å². The summed E-state index contributed by atoms with van der Waals surface area (Å²) < 4.78 is 66.9. The smallest absolute Gasteiger partial charge is 0.406 e. The minimum Gasteiger partial charge on any atom is -0.406 e. The summed E-state index contributed by atoms with van der Waals surface area (Å²) in [5, 5.41) is 6.71. The highest BCUT2D eigenvalue weighted by atomic mass is 19.4. The number of carbonyl (C=O) groups is 1. The number of alkyl halides is 4. The van der Waals surface area contributed by atoms with Crippen LogP contribution in [0.5, 0.6) is 5.75 Å². The molecule has 230 valence electrons. The zero-order chi connectivity index (χ0) is 29.7. The predicted octanol–water partition coefficient (Wildman–Crippen LogP) is 4.73. The number of piperidine rings is 1. The average molecular weight is 596 g/mol. The third-order valence-electron chi connectivity index (χ3n) is 8.14. The highest BCUT2D eigenvalue weighted by Gasteiger charge is 2.32. The Bertz CT molecular complexity index is 1190. The average Bonchev–Trinajstić information content (AvgIpc) is 2.98.